The summed E-state index contributed by atoms with van der Waals surface area (Å²) in [4.78, 5) is 0. The summed E-state index contributed by atoms with van der Waals surface area (Å²) < 4.78 is 8.59. The molecule has 10 heteroatoms. The molecule has 1 aromatic carbocycles. The Hall–Kier alpha value is -2.62. The third-order valence-electron chi connectivity index (χ3n) is 3.38. The Kier molecular flexibility index (Phi) is 4.94. The van der Waals surface area contributed by atoms with E-state index < -0.39 is 0 Å². The molecule has 0 radical (unpaired) electrons. The highest BCUT2D eigenvalue weighted by molar-refractivity contribution is 7.98. The second-order valence-corrected chi connectivity index (χ2v) is 5.93. The van der Waals surface area contributed by atoms with Crippen LogP contribution in [0.25, 0.3) is 11.4 Å². The van der Waals surface area contributed by atoms with Gasteiger partial charge < -0.3 is 10.6 Å². The summed E-state index contributed by atoms with van der Waals surface area (Å²) in [6, 6.07) is 7.54. The smallest absolute Gasteiger partial charge is 0.210 e. The van der Waals surface area contributed by atoms with E-state index in [-0.39, 0.29) is 0 Å². The molecule has 0 aliphatic rings. The molecule has 0 bridgehead atoms. The lowest BCUT2D eigenvalue weighted by Gasteiger charge is -2.07. The standard InChI is InChI=1S/C14H18N8OS/c1-3-8-21-12(16-19-20-21)9-24-14-18-17-13(22(14)15)10-6-4-5-7-11(10)23-2/h4-7H,3,8-9,15H2,1-2H3. The van der Waals surface area contributed by atoms with Crippen LogP contribution in [0.1, 0.15) is 19.2 Å². The maximum atomic E-state index is 6.15. The maximum Gasteiger partial charge on any atom is 0.210 e. The van der Waals surface area contributed by atoms with Gasteiger partial charge in [-0.1, -0.05) is 30.8 Å². The van der Waals surface area contributed by atoms with Crippen LogP contribution in [-0.4, -0.2) is 42.2 Å². The van der Waals surface area contributed by atoms with Crippen LogP contribution in [0.4, 0.5) is 0 Å². The van der Waals surface area contributed by atoms with Crippen LogP contribution in [0.3, 0.4) is 0 Å². The van der Waals surface area contributed by atoms with Crippen LogP contribution < -0.4 is 10.6 Å². The van der Waals surface area contributed by atoms with Gasteiger partial charge >= 0.3 is 0 Å². The first-order valence-electron chi connectivity index (χ1n) is 7.46. The number of nitrogens with two attached hydrogens (primary N) is 1. The topological polar surface area (TPSA) is 110 Å². The first kappa shape index (κ1) is 16.2. The minimum atomic E-state index is 0.545. The Morgan fingerprint density at radius 3 is 2.83 bits per heavy atom. The quantitative estimate of drug-likeness (QED) is 0.504. The predicted molar refractivity (Wildman–Crippen MR) is 89.8 cm³/mol. The molecule has 0 saturated heterocycles. The summed E-state index contributed by atoms with van der Waals surface area (Å²) in [6.07, 6.45) is 0.966. The van der Waals surface area contributed by atoms with E-state index in [0.29, 0.717) is 22.5 Å². The molecule has 0 atom stereocenters. The lowest BCUT2D eigenvalue weighted by molar-refractivity contribution is 0.416. The van der Waals surface area contributed by atoms with Gasteiger partial charge in [-0.15, -0.1) is 15.3 Å². The van der Waals surface area contributed by atoms with Crippen LogP contribution in [0.5, 0.6) is 5.75 Å². The number of benzene rings is 1. The highest BCUT2D eigenvalue weighted by atomic mass is 32.2. The molecule has 0 fully saturated rings. The minimum Gasteiger partial charge on any atom is -0.496 e. The molecule has 0 saturated carbocycles. The fourth-order valence-corrected chi connectivity index (χ4v) is 3.02. The number of tetrazole rings is 1. The number of hydrogen-bond acceptors (Lipinski definition) is 8. The molecule has 0 spiro atoms. The van der Waals surface area contributed by atoms with Crippen molar-refractivity contribution in [2.24, 2.45) is 0 Å². The van der Waals surface area contributed by atoms with E-state index in [4.69, 9.17) is 10.6 Å². The molecule has 2 aromatic heterocycles. The van der Waals surface area contributed by atoms with Crippen LogP contribution in [0.2, 0.25) is 0 Å². The lowest BCUT2D eigenvalue weighted by Crippen LogP contribution is -2.12. The Bertz CT molecular complexity index is 815. The number of ether oxygens (including phenoxy) is 1. The largest absolute Gasteiger partial charge is 0.496 e. The maximum absolute atomic E-state index is 6.15. The van der Waals surface area contributed by atoms with Crippen LogP contribution in [0, 0.1) is 0 Å². The molecule has 0 aliphatic heterocycles. The molecule has 3 rings (SSSR count). The van der Waals surface area contributed by atoms with Crippen LogP contribution in [0.15, 0.2) is 29.4 Å². The van der Waals surface area contributed by atoms with Gasteiger partial charge in [-0.3, -0.25) is 0 Å². The lowest BCUT2D eigenvalue weighted by atomic mass is 10.2. The highest BCUT2D eigenvalue weighted by Gasteiger charge is 2.16. The van der Waals surface area contributed by atoms with Crippen molar-refractivity contribution in [3.8, 4) is 17.1 Å². The van der Waals surface area contributed by atoms with Gasteiger partial charge in [0.15, 0.2) is 11.6 Å². The van der Waals surface area contributed by atoms with Gasteiger partial charge in [0.2, 0.25) is 5.16 Å². The molecule has 0 unspecified atom stereocenters. The van der Waals surface area contributed by atoms with Crippen molar-refractivity contribution in [3.05, 3.63) is 30.1 Å². The number of thioether (sulfide) groups is 1. The average Bonchev–Trinajstić information content (AvgIpc) is 3.20. The van der Waals surface area contributed by atoms with Gasteiger partial charge in [-0.2, -0.15) is 0 Å². The second kappa shape index (κ2) is 7.30. The first-order valence-corrected chi connectivity index (χ1v) is 8.44. The second-order valence-electron chi connectivity index (χ2n) is 4.98. The molecule has 9 nitrogen and oxygen atoms in total. The molecule has 0 aliphatic carbocycles. The Morgan fingerprint density at radius 2 is 2.04 bits per heavy atom. The number of nitrogens with zero attached hydrogens (tertiary/aromatic N) is 7. The van der Waals surface area contributed by atoms with Gasteiger partial charge in [0.25, 0.3) is 0 Å². The van der Waals surface area contributed by atoms with E-state index in [1.54, 1.807) is 11.8 Å². The van der Waals surface area contributed by atoms with E-state index in [2.05, 4.69) is 32.6 Å². The number of aryl methyl sites for hydroxylation is 1. The Labute approximate surface area is 143 Å². The molecule has 2 N–H and O–H groups in total. The molecule has 3 aromatic rings. The van der Waals surface area contributed by atoms with Crippen molar-refractivity contribution >= 4 is 11.8 Å². The van der Waals surface area contributed by atoms with E-state index >= 15 is 0 Å². The number of methoxy groups -OCH3 is 1. The summed E-state index contributed by atoms with van der Waals surface area (Å²) in [5.74, 6) is 8.74. The van der Waals surface area contributed by atoms with Crippen molar-refractivity contribution in [2.45, 2.75) is 30.8 Å². The molecule has 0 amide bonds. The number of aromatic nitrogens is 7. The minimum absolute atomic E-state index is 0.545. The van der Waals surface area contributed by atoms with Crippen LogP contribution >= 0.6 is 11.8 Å². The fourth-order valence-electron chi connectivity index (χ4n) is 2.23. The highest BCUT2D eigenvalue weighted by Crippen LogP contribution is 2.29. The molecular weight excluding hydrogens is 328 g/mol. The summed E-state index contributed by atoms with van der Waals surface area (Å²) in [5.41, 5.74) is 0.790. The normalized spacial score (nSPS) is 10.9. The van der Waals surface area contributed by atoms with Gasteiger partial charge in [0.05, 0.1) is 18.4 Å². The zero-order chi connectivity index (χ0) is 16.9. The van der Waals surface area contributed by atoms with Gasteiger partial charge in [-0.25, -0.2) is 9.36 Å². The van der Waals surface area contributed by atoms with Crippen molar-refractivity contribution in [1.29, 1.82) is 0 Å². The number of nitrogen functional groups attached to an aromatic ring is 1. The Balaban J connectivity index is 1.79. The average molecular weight is 346 g/mol. The summed E-state index contributed by atoms with van der Waals surface area (Å²) in [5, 5.41) is 20.6. The van der Waals surface area contributed by atoms with Crippen LogP contribution in [-0.2, 0) is 12.3 Å². The van der Waals surface area contributed by atoms with Crippen molar-refractivity contribution < 1.29 is 4.74 Å². The number of para-hydroxylation sites is 1. The zero-order valence-electron chi connectivity index (χ0n) is 13.5. The number of rotatable bonds is 7. The summed E-state index contributed by atoms with van der Waals surface area (Å²) >= 11 is 1.43. The van der Waals surface area contributed by atoms with Gasteiger partial charge in [0, 0.05) is 6.54 Å². The van der Waals surface area contributed by atoms with Gasteiger partial charge in [0.1, 0.15) is 5.75 Å². The number of hydrogen-bond donors (Lipinski definition) is 1. The fraction of sp³-hybridized carbons (Fsp3) is 0.357. The molecule has 24 heavy (non-hydrogen) atoms. The monoisotopic (exact) mass is 346 g/mol. The zero-order valence-corrected chi connectivity index (χ0v) is 14.3. The summed E-state index contributed by atoms with van der Waals surface area (Å²) in [7, 11) is 1.61. The third kappa shape index (κ3) is 3.18. The van der Waals surface area contributed by atoms with Crippen molar-refractivity contribution in [2.75, 3.05) is 13.0 Å². The van der Waals surface area contributed by atoms with E-state index in [1.807, 2.05) is 24.3 Å². The molecule has 2 heterocycles. The SMILES string of the molecule is CCCn1nnnc1CSc1nnc(-c2ccccc2OC)n1N. The Morgan fingerprint density at radius 1 is 1.21 bits per heavy atom. The first-order chi connectivity index (χ1) is 11.7. The molecule has 126 valence electrons. The van der Waals surface area contributed by atoms with Gasteiger partial charge in [-0.05, 0) is 29.0 Å². The van der Waals surface area contributed by atoms with E-state index in [9.17, 15) is 0 Å². The predicted octanol–water partition coefficient (Wildman–Crippen LogP) is 1.36. The van der Waals surface area contributed by atoms with E-state index in [0.717, 1.165) is 24.4 Å². The van der Waals surface area contributed by atoms with Crippen molar-refractivity contribution in [3.63, 3.8) is 0 Å². The van der Waals surface area contributed by atoms with Crippen molar-refractivity contribution in [1.82, 2.24) is 35.1 Å². The third-order valence-corrected chi connectivity index (χ3v) is 4.32. The van der Waals surface area contributed by atoms with E-state index in [1.165, 1.54) is 16.4 Å². The summed E-state index contributed by atoms with van der Waals surface area (Å²) in [6.45, 7) is 2.86. The molecular formula is C14H18N8OS.